The van der Waals surface area contributed by atoms with Gasteiger partial charge >= 0.3 is 0 Å². The molecule has 0 amide bonds. The Hall–Kier alpha value is -0.200. The van der Waals surface area contributed by atoms with E-state index in [1.165, 1.54) is 6.92 Å². The van der Waals surface area contributed by atoms with Crippen LogP contribution in [0.1, 0.15) is 6.92 Å². The highest BCUT2D eigenvalue weighted by molar-refractivity contribution is 4.98. The fourth-order valence-electron chi connectivity index (χ4n) is 1.33. The minimum atomic E-state index is -1.16. The van der Waals surface area contributed by atoms with Crippen molar-refractivity contribution in [1.29, 1.82) is 0 Å². The minimum absolute atomic E-state index is 0.367. The van der Waals surface area contributed by atoms with Crippen LogP contribution in [0.15, 0.2) is 0 Å². The van der Waals surface area contributed by atoms with Crippen LogP contribution in [-0.2, 0) is 4.74 Å². The Morgan fingerprint density at radius 1 is 1.33 bits per heavy atom. The first-order valence-corrected chi connectivity index (χ1v) is 3.81. The van der Waals surface area contributed by atoms with Crippen LogP contribution in [0.25, 0.3) is 0 Å². The van der Waals surface area contributed by atoms with Gasteiger partial charge < -0.3 is 25.2 Å². The Labute approximate surface area is 70.2 Å². The minimum Gasteiger partial charge on any atom is -0.394 e. The van der Waals surface area contributed by atoms with Crippen LogP contribution >= 0.6 is 0 Å². The van der Waals surface area contributed by atoms with E-state index in [-0.39, 0.29) is 13.2 Å². The molecule has 4 N–H and O–H groups in total. The van der Waals surface area contributed by atoms with E-state index >= 15 is 0 Å². The summed E-state index contributed by atoms with van der Waals surface area (Å²) in [6.07, 6.45) is -3.09. The number of aliphatic hydroxyl groups excluding tert-OH is 4. The molecular weight excluding hydrogens is 164 g/mol. The maximum atomic E-state index is 9.37. The molecular formula is C7H14O5. The van der Waals surface area contributed by atoms with E-state index in [0.717, 1.165) is 0 Å². The van der Waals surface area contributed by atoms with Gasteiger partial charge in [0.1, 0.15) is 23.9 Å². The predicted molar refractivity (Wildman–Crippen MR) is 39.5 cm³/mol. The Kier molecular flexibility index (Phi) is 2.70. The van der Waals surface area contributed by atoms with Gasteiger partial charge in [0, 0.05) is 0 Å². The summed E-state index contributed by atoms with van der Waals surface area (Å²) < 4.78 is 5.07. The quantitative estimate of drug-likeness (QED) is 0.387. The lowest BCUT2D eigenvalue weighted by molar-refractivity contribution is -0.106. The average molecular weight is 178 g/mol. The molecule has 1 fully saturated rings. The first kappa shape index (κ1) is 9.88. The molecule has 0 saturated carbocycles. The maximum absolute atomic E-state index is 9.37. The lowest BCUT2D eigenvalue weighted by Crippen LogP contribution is -2.43. The first-order valence-electron chi connectivity index (χ1n) is 3.81. The van der Waals surface area contributed by atoms with Crippen LogP contribution in [0.5, 0.6) is 0 Å². The summed E-state index contributed by atoms with van der Waals surface area (Å²) in [6.45, 7) is 0.728. The molecule has 1 saturated heterocycles. The SMILES string of the molecule is CC1(CO)O[C@H](CO)[C@@H](O)[C@@H]1O. The fourth-order valence-corrected chi connectivity index (χ4v) is 1.33. The summed E-state index contributed by atoms with van der Waals surface area (Å²) in [4.78, 5) is 0. The molecule has 0 radical (unpaired) electrons. The summed E-state index contributed by atoms with van der Waals surface area (Å²) in [5.41, 5.74) is -1.16. The zero-order valence-electron chi connectivity index (χ0n) is 6.84. The van der Waals surface area contributed by atoms with Gasteiger partial charge in [-0.05, 0) is 6.92 Å². The van der Waals surface area contributed by atoms with Gasteiger partial charge in [0.2, 0.25) is 0 Å². The zero-order chi connectivity index (χ0) is 9.35. The molecule has 0 aromatic heterocycles. The third-order valence-corrected chi connectivity index (χ3v) is 2.24. The van der Waals surface area contributed by atoms with Gasteiger partial charge in [-0.3, -0.25) is 0 Å². The topological polar surface area (TPSA) is 90.2 Å². The molecule has 0 aliphatic carbocycles. The van der Waals surface area contributed by atoms with E-state index in [2.05, 4.69) is 0 Å². The van der Waals surface area contributed by atoms with Crippen molar-refractivity contribution in [2.24, 2.45) is 0 Å². The second-order valence-corrected chi connectivity index (χ2v) is 3.25. The van der Waals surface area contributed by atoms with E-state index in [1.807, 2.05) is 0 Å². The van der Waals surface area contributed by atoms with Gasteiger partial charge in [-0.2, -0.15) is 0 Å². The molecule has 1 aliphatic rings. The molecule has 4 atom stereocenters. The fraction of sp³-hybridized carbons (Fsp3) is 1.00. The van der Waals surface area contributed by atoms with Gasteiger partial charge in [0.15, 0.2) is 0 Å². The summed E-state index contributed by atoms with van der Waals surface area (Å²) in [6, 6.07) is 0. The number of ether oxygens (including phenoxy) is 1. The molecule has 1 aliphatic heterocycles. The third kappa shape index (κ3) is 1.34. The van der Waals surface area contributed by atoms with Crippen molar-refractivity contribution in [3.63, 3.8) is 0 Å². The van der Waals surface area contributed by atoms with Crippen molar-refractivity contribution in [2.75, 3.05) is 13.2 Å². The summed E-state index contributed by atoms with van der Waals surface area (Å²) in [5.74, 6) is 0. The molecule has 0 aromatic rings. The lowest BCUT2D eigenvalue weighted by Gasteiger charge is -2.24. The third-order valence-electron chi connectivity index (χ3n) is 2.24. The van der Waals surface area contributed by atoms with Crippen LogP contribution in [0, 0.1) is 0 Å². The van der Waals surface area contributed by atoms with Crippen molar-refractivity contribution < 1.29 is 25.2 Å². The number of hydrogen-bond acceptors (Lipinski definition) is 5. The van der Waals surface area contributed by atoms with E-state index in [1.54, 1.807) is 0 Å². The van der Waals surface area contributed by atoms with Crippen molar-refractivity contribution in [2.45, 2.75) is 30.8 Å². The van der Waals surface area contributed by atoms with E-state index < -0.39 is 23.9 Å². The molecule has 5 nitrogen and oxygen atoms in total. The molecule has 0 aromatic carbocycles. The van der Waals surface area contributed by atoms with Crippen molar-refractivity contribution in [3.8, 4) is 0 Å². The van der Waals surface area contributed by atoms with E-state index in [4.69, 9.17) is 14.9 Å². The lowest BCUT2D eigenvalue weighted by atomic mass is 9.98. The van der Waals surface area contributed by atoms with Crippen LogP contribution < -0.4 is 0 Å². The van der Waals surface area contributed by atoms with Crippen molar-refractivity contribution in [3.05, 3.63) is 0 Å². The average Bonchev–Trinajstić information content (AvgIpc) is 2.31. The molecule has 0 bridgehead atoms. The second kappa shape index (κ2) is 3.27. The molecule has 12 heavy (non-hydrogen) atoms. The molecule has 72 valence electrons. The van der Waals surface area contributed by atoms with Gasteiger partial charge in [-0.1, -0.05) is 0 Å². The smallest absolute Gasteiger partial charge is 0.117 e. The summed E-state index contributed by atoms with van der Waals surface area (Å²) >= 11 is 0. The maximum Gasteiger partial charge on any atom is 0.117 e. The monoisotopic (exact) mass is 178 g/mol. The van der Waals surface area contributed by atoms with Gasteiger partial charge in [0.05, 0.1) is 13.2 Å². The van der Waals surface area contributed by atoms with Crippen molar-refractivity contribution >= 4 is 0 Å². The molecule has 5 heteroatoms. The van der Waals surface area contributed by atoms with Crippen LogP contribution in [-0.4, -0.2) is 57.6 Å². The Bertz CT molecular complexity index is 162. The van der Waals surface area contributed by atoms with Crippen LogP contribution in [0.2, 0.25) is 0 Å². The van der Waals surface area contributed by atoms with Gasteiger partial charge in [-0.25, -0.2) is 0 Å². The van der Waals surface area contributed by atoms with E-state index in [0.29, 0.717) is 0 Å². The number of aliphatic hydroxyl groups is 4. The van der Waals surface area contributed by atoms with Gasteiger partial charge in [-0.15, -0.1) is 0 Å². The van der Waals surface area contributed by atoms with Gasteiger partial charge in [0.25, 0.3) is 0 Å². The Morgan fingerprint density at radius 3 is 2.17 bits per heavy atom. The predicted octanol–water partition coefficient (Wildman–Crippen LogP) is -2.15. The summed E-state index contributed by atoms with van der Waals surface area (Å²) in [5, 5.41) is 36.2. The number of rotatable bonds is 2. The Balaban J connectivity index is 2.72. The normalized spacial score (nSPS) is 48.2. The van der Waals surface area contributed by atoms with Crippen molar-refractivity contribution in [1.82, 2.24) is 0 Å². The highest BCUT2D eigenvalue weighted by Crippen LogP contribution is 2.30. The van der Waals surface area contributed by atoms with Crippen LogP contribution in [0.4, 0.5) is 0 Å². The second-order valence-electron chi connectivity index (χ2n) is 3.25. The molecule has 0 spiro atoms. The molecule has 1 rings (SSSR count). The first-order chi connectivity index (χ1) is 5.55. The standard InChI is InChI=1S/C7H14O5/c1-7(3-9)6(11)5(10)4(2-8)12-7/h4-6,8-11H,2-3H2,1H3/t4-,5-,6+,7?/m1/s1. The highest BCUT2D eigenvalue weighted by atomic mass is 16.6. The molecule has 1 unspecified atom stereocenters. The number of hydrogen-bond donors (Lipinski definition) is 4. The molecule has 1 heterocycles. The largest absolute Gasteiger partial charge is 0.394 e. The highest BCUT2D eigenvalue weighted by Gasteiger charge is 2.50. The Morgan fingerprint density at radius 2 is 1.92 bits per heavy atom. The van der Waals surface area contributed by atoms with Crippen LogP contribution in [0.3, 0.4) is 0 Å². The van der Waals surface area contributed by atoms with E-state index in [9.17, 15) is 10.2 Å². The summed E-state index contributed by atoms with van der Waals surface area (Å²) in [7, 11) is 0. The zero-order valence-corrected chi connectivity index (χ0v) is 6.84.